The zero-order valence-electron chi connectivity index (χ0n) is 9.96. The van der Waals surface area contributed by atoms with Crippen LogP contribution < -0.4 is 16.4 Å². The number of likely N-dealkylation sites (N-methyl/N-ethyl adjacent to an activating group) is 1. The van der Waals surface area contributed by atoms with Crippen molar-refractivity contribution in [3.8, 4) is 0 Å². The highest BCUT2D eigenvalue weighted by Crippen LogP contribution is 2.35. The van der Waals surface area contributed by atoms with Crippen molar-refractivity contribution in [2.75, 3.05) is 43.2 Å². The highest BCUT2D eigenvalue weighted by Gasteiger charge is 2.17. The van der Waals surface area contributed by atoms with Crippen LogP contribution in [-0.4, -0.2) is 26.8 Å². The van der Waals surface area contributed by atoms with Gasteiger partial charge in [-0.25, -0.2) is 4.39 Å². The van der Waals surface area contributed by atoms with Crippen LogP contribution in [0.1, 0.15) is 6.92 Å². The molecule has 0 fully saturated rings. The maximum absolute atomic E-state index is 13.9. The molecule has 0 saturated heterocycles. The molecule has 0 unspecified atom stereocenters. The quantitative estimate of drug-likeness (QED) is 0.629. The fourth-order valence-electron chi connectivity index (χ4n) is 1.50. The number of rotatable bonds is 5. The third-order valence-electron chi connectivity index (χ3n) is 2.40. The van der Waals surface area contributed by atoms with E-state index in [0.717, 1.165) is 0 Å². The Balaban J connectivity index is 2.93. The molecule has 0 spiro atoms. The van der Waals surface area contributed by atoms with E-state index < -0.39 is 5.82 Å². The third kappa shape index (κ3) is 3.14. The minimum absolute atomic E-state index is 0.0996. The van der Waals surface area contributed by atoms with Gasteiger partial charge in [0.05, 0.1) is 23.7 Å². The normalized spacial score (nSPS) is 10.6. The van der Waals surface area contributed by atoms with Gasteiger partial charge in [-0.3, -0.25) is 0 Å². The van der Waals surface area contributed by atoms with Crippen LogP contribution in [0.4, 0.5) is 21.5 Å². The van der Waals surface area contributed by atoms with Crippen LogP contribution in [0, 0.1) is 5.82 Å². The summed E-state index contributed by atoms with van der Waals surface area (Å²) < 4.78 is 19.1. The second-order valence-corrected chi connectivity index (χ2v) is 4.03. The van der Waals surface area contributed by atoms with Crippen LogP contribution in [0.5, 0.6) is 0 Å². The van der Waals surface area contributed by atoms with E-state index in [1.165, 1.54) is 6.07 Å². The summed E-state index contributed by atoms with van der Waals surface area (Å²) in [5.74, 6) is -0.594. The second kappa shape index (κ2) is 5.93. The smallest absolute Gasteiger partial charge is 0.169 e. The Morgan fingerprint density at radius 3 is 2.65 bits per heavy atom. The molecule has 4 nitrogen and oxygen atoms in total. The number of benzene rings is 1. The molecule has 0 aromatic heterocycles. The van der Waals surface area contributed by atoms with E-state index in [1.54, 1.807) is 11.9 Å². The number of anilines is 3. The van der Waals surface area contributed by atoms with Crippen LogP contribution in [0.25, 0.3) is 0 Å². The molecule has 0 radical (unpaired) electrons. The van der Waals surface area contributed by atoms with Crippen molar-refractivity contribution >= 4 is 28.7 Å². The summed E-state index contributed by atoms with van der Waals surface area (Å²) in [6, 6.07) is 1.46. The van der Waals surface area contributed by atoms with Gasteiger partial charge in [0.15, 0.2) is 5.82 Å². The monoisotopic (exact) mass is 261 g/mol. The van der Waals surface area contributed by atoms with Crippen LogP contribution in [0.15, 0.2) is 6.07 Å². The highest BCUT2D eigenvalue weighted by atomic mass is 35.5. The van der Waals surface area contributed by atoms with Crippen molar-refractivity contribution in [2.24, 2.45) is 0 Å². The second-order valence-electron chi connectivity index (χ2n) is 3.65. The summed E-state index contributed by atoms with van der Waals surface area (Å²) in [4.78, 5) is 1.66. The molecule has 0 aliphatic rings. The van der Waals surface area contributed by atoms with E-state index in [4.69, 9.17) is 27.8 Å². The Bertz CT molecular complexity index is 401. The summed E-state index contributed by atoms with van der Waals surface area (Å²) in [5.41, 5.74) is 11.9. The molecule has 0 bridgehead atoms. The van der Waals surface area contributed by atoms with Crippen molar-refractivity contribution in [3.05, 3.63) is 16.9 Å². The maximum atomic E-state index is 13.9. The molecule has 1 aromatic carbocycles. The van der Waals surface area contributed by atoms with Gasteiger partial charge in [0.2, 0.25) is 0 Å². The van der Waals surface area contributed by atoms with Gasteiger partial charge in [0, 0.05) is 20.2 Å². The molecule has 1 aromatic rings. The first-order valence-corrected chi connectivity index (χ1v) is 5.68. The number of hydrogen-bond acceptors (Lipinski definition) is 4. The number of hydrogen-bond donors (Lipinski definition) is 2. The minimum atomic E-state index is -0.594. The van der Waals surface area contributed by atoms with Gasteiger partial charge in [-0.15, -0.1) is 0 Å². The molecule has 0 aliphatic carbocycles. The van der Waals surface area contributed by atoms with Gasteiger partial charge >= 0.3 is 0 Å². The van der Waals surface area contributed by atoms with E-state index in [1.807, 2.05) is 6.92 Å². The van der Waals surface area contributed by atoms with E-state index in [2.05, 4.69) is 0 Å². The Labute approximate surface area is 105 Å². The van der Waals surface area contributed by atoms with E-state index in [0.29, 0.717) is 19.8 Å². The Hall–Kier alpha value is -1.20. The molecule has 0 atom stereocenters. The van der Waals surface area contributed by atoms with Crippen molar-refractivity contribution in [2.45, 2.75) is 6.92 Å². The third-order valence-corrected chi connectivity index (χ3v) is 2.78. The van der Waals surface area contributed by atoms with Gasteiger partial charge in [0.1, 0.15) is 5.02 Å². The molecule has 1 rings (SSSR count). The molecule has 0 amide bonds. The Morgan fingerprint density at radius 2 is 2.06 bits per heavy atom. The largest absolute Gasteiger partial charge is 0.397 e. The SMILES string of the molecule is CCOCCN(C)c1c(N)cc(N)c(Cl)c1F. The minimum Gasteiger partial charge on any atom is -0.397 e. The van der Waals surface area contributed by atoms with Crippen molar-refractivity contribution in [1.82, 2.24) is 0 Å². The van der Waals surface area contributed by atoms with E-state index >= 15 is 0 Å². The first kappa shape index (κ1) is 13.9. The average molecular weight is 262 g/mol. The van der Waals surface area contributed by atoms with Crippen LogP contribution >= 0.6 is 11.6 Å². The molecule has 96 valence electrons. The van der Waals surface area contributed by atoms with Crippen molar-refractivity contribution in [1.29, 1.82) is 0 Å². The topological polar surface area (TPSA) is 64.5 Å². The number of nitrogens with two attached hydrogens (primary N) is 2. The van der Waals surface area contributed by atoms with Crippen molar-refractivity contribution in [3.63, 3.8) is 0 Å². The molecule has 0 saturated carbocycles. The summed E-state index contributed by atoms with van der Waals surface area (Å²) in [6.45, 7) is 3.53. The van der Waals surface area contributed by atoms with Gasteiger partial charge in [-0.05, 0) is 13.0 Å². The van der Waals surface area contributed by atoms with Gasteiger partial charge in [-0.2, -0.15) is 0 Å². The predicted molar refractivity (Wildman–Crippen MR) is 70.0 cm³/mol. The lowest BCUT2D eigenvalue weighted by Gasteiger charge is -2.22. The lowest BCUT2D eigenvalue weighted by molar-refractivity contribution is 0.154. The Morgan fingerprint density at radius 1 is 1.41 bits per heavy atom. The number of halogens is 2. The standard InChI is InChI=1S/C11H17ClFN3O/c1-3-17-5-4-16(2)11-8(15)6-7(14)9(12)10(11)13/h6H,3-5,14-15H2,1-2H3. The molecule has 0 aliphatic heterocycles. The molecule has 4 N–H and O–H groups in total. The van der Waals surface area contributed by atoms with Gasteiger partial charge < -0.3 is 21.1 Å². The zero-order valence-corrected chi connectivity index (χ0v) is 10.7. The van der Waals surface area contributed by atoms with E-state index in [9.17, 15) is 4.39 Å². The summed E-state index contributed by atoms with van der Waals surface area (Å²) >= 11 is 5.75. The lowest BCUT2D eigenvalue weighted by Crippen LogP contribution is -2.24. The van der Waals surface area contributed by atoms with Crippen LogP contribution in [0.2, 0.25) is 5.02 Å². The van der Waals surface area contributed by atoms with Crippen molar-refractivity contribution < 1.29 is 9.13 Å². The fraction of sp³-hybridized carbons (Fsp3) is 0.455. The molecule has 0 heterocycles. The molecule has 6 heteroatoms. The molecular formula is C11H17ClFN3O. The summed E-state index contributed by atoms with van der Waals surface area (Å²) in [6.07, 6.45) is 0. The molecule has 17 heavy (non-hydrogen) atoms. The molecular weight excluding hydrogens is 245 g/mol. The number of nitrogen functional groups attached to an aromatic ring is 2. The fourth-order valence-corrected chi connectivity index (χ4v) is 1.65. The summed E-state index contributed by atoms with van der Waals surface area (Å²) in [7, 11) is 1.72. The van der Waals surface area contributed by atoms with E-state index in [-0.39, 0.29) is 22.1 Å². The maximum Gasteiger partial charge on any atom is 0.169 e. The highest BCUT2D eigenvalue weighted by molar-refractivity contribution is 6.33. The number of nitrogens with zero attached hydrogens (tertiary/aromatic N) is 1. The Kier molecular flexibility index (Phi) is 4.84. The number of ether oxygens (including phenoxy) is 1. The summed E-state index contributed by atoms with van der Waals surface area (Å²) in [5, 5.41) is -0.0996. The zero-order chi connectivity index (χ0) is 13.0. The first-order valence-electron chi connectivity index (χ1n) is 5.30. The lowest BCUT2D eigenvalue weighted by atomic mass is 10.2. The van der Waals surface area contributed by atoms with Gasteiger partial charge in [-0.1, -0.05) is 11.6 Å². The predicted octanol–water partition coefficient (Wildman–Crippen LogP) is 2.12. The first-order chi connectivity index (χ1) is 7.99. The van der Waals surface area contributed by atoms with Crippen LogP contribution in [0.3, 0.4) is 0 Å². The average Bonchev–Trinajstić information content (AvgIpc) is 2.26. The van der Waals surface area contributed by atoms with Gasteiger partial charge in [0.25, 0.3) is 0 Å². The van der Waals surface area contributed by atoms with Crippen LogP contribution in [-0.2, 0) is 4.74 Å².